The summed E-state index contributed by atoms with van der Waals surface area (Å²) in [6.45, 7) is 0. The zero-order chi connectivity index (χ0) is 19.8. The highest BCUT2D eigenvalue weighted by atomic mass is 16.5. The summed E-state index contributed by atoms with van der Waals surface area (Å²) >= 11 is 0. The number of benzene rings is 3. The molecule has 0 aromatic heterocycles. The monoisotopic (exact) mass is 366 g/mol. The van der Waals surface area contributed by atoms with Gasteiger partial charge in [-0.15, -0.1) is 0 Å². The van der Waals surface area contributed by atoms with E-state index < -0.39 is 5.97 Å². The fraction of sp³-hybridized carbons (Fsp3) is 0.0500. The quantitative estimate of drug-likeness (QED) is 0.374. The summed E-state index contributed by atoms with van der Waals surface area (Å²) in [6.07, 6.45) is 1.64. The molecule has 4 N–H and O–H groups in total. The number of aromatic hydroxyl groups is 2. The van der Waals surface area contributed by atoms with Crippen LogP contribution in [0.2, 0.25) is 0 Å². The Labute approximate surface area is 155 Å². The maximum absolute atomic E-state index is 11.6. The van der Waals surface area contributed by atoms with Crippen LogP contribution >= 0.6 is 0 Å². The highest BCUT2D eigenvalue weighted by Crippen LogP contribution is 2.31. The molecule has 27 heavy (non-hydrogen) atoms. The first-order valence-electron chi connectivity index (χ1n) is 7.82. The van der Waals surface area contributed by atoms with Crippen molar-refractivity contribution in [1.82, 2.24) is 0 Å². The molecule has 3 aromatic carbocycles. The molecule has 0 heterocycles. The lowest BCUT2D eigenvalue weighted by Gasteiger charge is -2.04. The van der Waals surface area contributed by atoms with Crippen LogP contribution in [-0.2, 0) is 9.53 Å². The molecule has 0 unspecified atom stereocenters. The van der Waals surface area contributed by atoms with E-state index in [0.717, 1.165) is 10.8 Å². The van der Waals surface area contributed by atoms with E-state index in [1.54, 1.807) is 12.1 Å². The fourth-order valence-electron chi connectivity index (χ4n) is 2.36. The maximum Gasteiger partial charge on any atom is 0.337 e. The first kappa shape index (κ1) is 19.5. The first-order valence-corrected chi connectivity index (χ1v) is 7.82. The van der Waals surface area contributed by atoms with E-state index in [4.69, 9.17) is 4.79 Å². The number of nitrogens with two attached hydrogens (primary N) is 1. The number of phenolic OH excluding ortho intramolecular Hbond substituents is 2. The molecule has 0 saturated carbocycles. The van der Waals surface area contributed by atoms with Crippen molar-refractivity contribution in [3.63, 3.8) is 0 Å². The predicted octanol–water partition coefficient (Wildman–Crippen LogP) is 2.89. The van der Waals surface area contributed by atoms with Crippen LogP contribution in [0.25, 0.3) is 10.8 Å². The molecule has 0 aliphatic carbocycles. The molecule has 3 rings (SSSR count). The third-order valence-corrected chi connectivity index (χ3v) is 3.63. The molecule has 7 nitrogen and oxygen atoms in total. The Balaban J connectivity index is 0.000000817. The number of hydrogen-bond acceptors (Lipinski definition) is 6. The van der Waals surface area contributed by atoms with Crippen LogP contribution in [-0.4, -0.2) is 35.9 Å². The number of carbonyl (C=O) groups excluding carboxylic acids is 2. The van der Waals surface area contributed by atoms with Gasteiger partial charge in [0.25, 0.3) is 0 Å². The highest BCUT2D eigenvalue weighted by Gasteiger charge is 2.09. The van der Waals surface area contributed by atoms with Crippen molar-refractivity contribution >= 4 is 35.1 Å². The molecule has 0 atom stereocenters. The van der Waals surface area contributed by atoms with Crippen molar-refractivity contribution < 1.29 is 24.5 Å². The van der Waals surface area contributed by atoms with Gasteiger partial charge in [-0.1, -0.05) is 24.3 Å². The Morgan fingerprint density at radius 1 is 1.04 bits per heavy atom. The van der Waals surface area contributed by atoms with E-state index in [1.165, 1.54) is 31.5 Å². The second kappa shape index (κ2) is 9.00. The Hall–Kier alpha value is -3.87. The van der Waals surface area contributed by atoms with Gasteiger partial charge < -0.3 is 20.7 Å². The van der Waals surface area contributed by atoms with Gasteiger partial charge in [0.15, 0.2) is 0 Å². The number of rotatable bonds is 3. The maximum atomic E-state index is 11.6. The van der Waals surface area contributed by atoms with Gasteiger partial charge in [0.1, 0.15) is 17.2 Å². The van der Waals surface area contributed by atoms with Gasteiger partial charge in [0, 0.05) is 11.8 Å². The smallest absolute Gasteiger partial charge is 0.337 e. The summed E-state index contributed by atoms with van der Waals surface area (Å²) in [4.78, 5) is 24.4. The first-order chi connectivity index (χ1) is 13.0. The van der Waals surface area contributed by atoms with Crippen LogP contribution in [0.4, 0.5) is 5.69 Å². The lowest BCUT2D eigenvalue weighted by Crippen LogP contribution is -2.01. The Morgan fingerprint density at radius 3 is 2.30 bits per heavy atom. The second-order valence-corrected chi connectivity index (χ2v) is 5.35. The molecule has 0 aliphatic rings. The van der Waals surface area contributed by atoms with E-state index in [9.17, 15) is 15.0 Å². The molecule has 3 aromatic rings. The van der Waals surface area contributed by atoms with Gasteiger partial charge in [-0.05, 0) is 41.1 Å². The van der Waals surface area contributed by atoms with Crippen LogP contribution in [0, 0.1) is 0 Å². The normalized spacial score (nSPS) is 10.3. The number of ether oxygens (including phenoxy) is 1. The third kappa shape index (κ3) is 4.82. The van der Waals surface area contributed by atoms with Crippen molar-refractivity contribution in [2.45, 2.75) is 0 Å². The average molecular weight is 366 g/mol. The zero-order valence-corrected chi connectivity index (χ0v) is 14.5. The highest BCUT2D eigenvalue weighted by molar-refractivity contribution is 5.95. The van der Waals surface area contributed by atoms with Crippen molar-refractivity contribution in [2.75, 3.05) is 7.11 Å². The number of methoxy groups -OCH3 is 1. The molecule has 1 amide bonds. The molecule has 138 valence electrons. The zero-order valence-electron chi connectivity index (χ0n) is 14.5. The summed E-state index contributed by atoms with van der Waals surface area (Å²) in [5.74, 6) is -0.488. The number of carbonyl (C=O) groups is 2. The van der Waals surface area contributed by atoms with Gasteiger partial charge in [-0.3, -0.25) is 9.79 Å². The van der Waals surface area contributed by atoms with Crippen molar-refractivity contribution in [3.8, 4) is 11.5 Å². The van der Waals surface area contributed by atoms with E-state index in [-0.39, 0.29) is 17.9 Å². The Morgan fingerprint density at radius 2 is 1.67 bits per heavy atom. The minimum Gasteiger partial charge on any atom is -0.507 e. The number of hydrogen-bond donors (Lipinski definition) is 3. The minimum absolute atomic E-state index is 0.0216. The van der Waals surface area contributed by atoms with Gasteiger partial charge in [0.2, 0.25) is 6.41 Å². The van der Waals surface area contributed by atoms with E-state index in [2.05, 4.69) is 15.5 Å². The van der Waals surface area contributed by atoms with Crippen molar-refractivity contribution in [1.29, 1.82) is 0 Å². The molecule has 0 spiro atoms. The second-order valence-electron chi connectivity index (χ2n) is 5.35. The van der Waals surface area contributed by atoms with Gasteiger partial charge >= 0.3 is 5.97 Å². The number of esters is 1. The number of primary amides is 1. The summed E-state index contributed by atoms with van der Waals surface area (Å²) in [5, 5.41) is 21.8. The molecular weight excluding hydrogens is 348 g/mol. The van der Waals surface area contributed by atoms with Crippen LogP contribution < -0.4 is 5.73 Å². The van der Waals surface area contributed by atoms with E-state index in [1.807, 2.05) is 24.3 Å². The predicted molar refractivity (Wildman–Crippen MR) is 103 cm³/mol. The van der Waals surface area contributed by atoms with E-state index in [0.29, 0.717) is 16.8 Å². The lowest BCUT2D eigenvalue weighted by atomic mass is 10.1. The summed E-state index contributed by atoms with van der Waals surface area (Å²) in [6, 6.07) is 15.3. The summed E-state index contributed by atoms with van der Waals surface area (Å²) in [7, 11) is 1.29. The number of amides is 1. The summed E-state index contributed by atoms with van der Waals surface area (Å²) < 4.78 is 4.66. The minimum atomic E-state index is -0.502. The number of fused-ring (bicyclic) bond motifs is 1. The summed E-state index contributed by atoms with van der Waals surface area (Å²) in [5.41, 5.74) is 5.20. The van der Waals surface area contributed by atoms with Gasteiger partial charge in [-0.2, -0.15) is 0 Å². The molecule has 7 heteroatoms. The van der Waals surface area contributed by atoms with Crippen LogP contribution in [0.3, 0.4) is 0 Å². The number of nitrogens with zero attached hydrogens (tertiary/aromatic N) is 1. The molecule has 0 radical (unpaired) electrons. The standard InChI is InChI=1S/C19H15NO4.CH3NO/c1-24-19(23)14-6-7-17(21)15(8-14)11-20-16-9-12-4-2-3-5-13(12)10-18(16)22;2-1-3/h2-11,21-22H,1H3;1H,(H2,2,3). The van der Waals surface area contributed by atoms with Crippen LogP contribution in [0.5, 0.6) is 11.5 Å². The average Bonchev–Trinajstić information content (AvgIpc) is 2.67. The lowest BCUT2D eigenvalue weighted by molar-refractivity contribution is -0.106. The molecular formula is C20H18N2O5. The molecule has 0 saturated heterocycles. The largest absolute Gasteiger partial charge is 0.507 e. The molecule has 0 bridgehead atoms. The fourth-order valence-corrected chi connectivity index (χ4v) is 2.36. The molecule has 0 aliphatic heterocycles. The van der Waals surface area contributed by atoms with Crippen molar-refractivity contribution in [2.24, 2.45) is 10.7 Å². The SMILES string of the molecule is COC(=O)c1ccc(O)c(C=Nc2cc3ccccc3cc2O)c1.NC=O. The van der Waals surface area contributed by atoms with Gasteiger partial charge in [0.05, 0.1) is 12.7 Å². The topological polar surface area (TPSA) is 122 Å². The van der Waals surface area contributed by atoms with Crippen LogP contribution in [0.15, 0.2) is 59.6 Å². The third-order valence-electron chi connectivity index (χ3n) is 3.63. The van der Waals surface area contributed by atoms with E-state index >= 15 is 0 Å². The Kier molecular flexibility index (Phi) is 6.49. The number of phenols is 2. The Bertz CT molecular complexity index is 999. The van der Waals surface area contributed by atoms with Gasteiger partial charge in [-0.25, -0.2) is 4.79 Å². The number of aliphatic imine (C=N–C) groups is 1. The molecule has 0 fully saturated rings. The van der Waals surface area contributed by atoms with Crippen LogP contribution in [0.1, 0.15) is 15.9 Å². The van der Waals surface area contributed by atoms with Crippen molar-refractivity contribution in [3.05, 3.63) is 65.7 Å².